The smallest absolute Gasteiger partial charge is 0.388 e. The number of ether oxygens (including phenoxy) is 1. The van der Waals surface area contributed by atoms with Gasteiger partial charge >= 0.3 is 12.5 Å². The van der Waals surface area contributed by atoms with Gasteiger partial charge in [0.2, 0.25) is 5.88 Å². The quantitative estimate of drug-likeness (QED) is 0.377. The molecule has 0 radical (unpaired) electrons. The Balaban J connectivity index is 3.30. The van der Waals surface area contributed by atoms with Crippen molar-refractivity contribution < 1.29 is 31.1 Å². The Bertz CT molecular complexity index is 446. The van der Waals surface area contributed by atoms with Crippen LogP contribution in [0.25, 0.3) is 0 Å². The van der Waals surface area contributed by atoms with E-state index in [1.807, 2.05) is 0 Å². The van der Waals surface area contributed by atoms with Gasteiger partial charge in [-0.1, -0.05) is 15.9 Å². The van der Waals surface area contributed by atoms with Gasteiger partial charge in [0, 0.05) is 20.7 Å². The molecule has 2 nitrogen and oxygen atoms in total. The second kappa shape index (κ2) is 5.39. The van der Waals surface area contributed by atoms with Crippen LogP contribution in [-0.4, -0.2) is 11.3 Å². The molecule has 0 aliphatic heterocycles. The number of halogens is 8. The molecular formula is C8H3BrF6INO. The van der Waals surface area contributed by atoms with Crippen LogP contribution in [0.5, 0.6) is 5.88 Å². The van der Waals surface area contributed by atoms with Crippen LogP contribution in [0.2, 0.25) is 0 Å². The zero-order valence-electron chi connectivity index (χ0n) is 8.16. The maximum absolute atomic E-state index is 12.5. The monoisotopic (exact) mass is 449 g/mol. The van der Waals surface area contributed by atoms with E-state index >= 15 is 0 Å². The Morgan fingerprint density at radius 2 is 1.78 bits per heavy atom. The van der Waals surface area contributed by atoms with Crippen LogP contribution in [0, 0.1) is 3.57 Å². The SMILES string of the molecule is FC(F)(F)Oc1ncc(C(F)(F)F)c(I)c1CBr. The van der Waals surface area contributed by atoms with Gasteiger partial charge in [0.1, 0.15) is 0 Å². The van der Waals surface area contributed by atoms with Gasteiger partial charge in [0.05, 0.1) is 5.56 Å². The first-order valence-electron chi connectivity index (χ1n) is 4.12. The third-order valence-electron chi connectivity index (χ3n) is 1.72. The third kappa shape index (κ3) is 3.87. The molecule has 0 bridgehead atoms. The molecule has 0 unspecified atom stereocenters. The summed E-state index contributed by atoms with van der Waals surface area (Å²) < 4.78 is 76.8. The van der Waals surface area contributed by atoms with E-state index in [9.17, 15) is 26.3 Å². The minimum absolute atomic E-state index is 0.242. The summed E-state index contributed by atoms with van der Waals surface area (Å²) in [7, 11) is 0. The first-order chi connectivity index (χ1) is 8.06. The van der Waals surface area contributed by atoms with Crippen molar-refractivity contribution in [2.75, 3.05) is 0 Å². The Kier molecular flexibility index (Phi) is 4.73. The number of aromatic nitrogens is 1. The molecule has 0 saturated heterocycles. The van der Waals surface area contributed by atoms with Gasteiger partial charge in [-0.3, -0.25) is 0 Å². The van der Waals surface area contributed by atoms with Crippen molar-refractivity contribution in [1.29, 1.82) is 0 Å². The molecule has 0 fully saturated rings. The summed E-state index contributed by atoms with van der Waals surface area (Å²) in [4.78, 5) is 3.07. The first kappa shape index (κ1) is 15.8. The summed E-state index contributed by atoms with van der Waals surface area (Å²) >= 11 is 4.11. The Morgan fingerprint density at radius 3 is 2.17 bits per heavy atom. The zero-order valence-corrected chi connectivity index (χ0v) is 11.9. The number of nitrogens with zero attached hydrogens (tertiary/aromatic N) is 1. The fraction of sp³-hybridized carbons (Fsp3) is 0.375. The number of hydrogen-bond acceptors (Lipinski definition) is 2. The van der Waals surface area contributed by atoms with E-state index < -0.39 is 24.0 Å². The molecule has 0 saturated carbocycles. The van der Waals surface area contributed by atoms with Gasteiger partial charge in [-0.05, 0) is 22.6 Å². The number of rotatable bonds is 2. The lowest BCUT2D eigenvalue weighted by Crippen LogP contribution is -2.20. The molecular weight excluding hydrogens is 447 g/mol. The highest BCUT2D eigenvalue weighted by Gasteiger charge is 2.37. The van der Waals surface area contributed by atoms with Crippen LogP contribution < -0.4 is 4.74 Å². The van der Waals surface area contributed by atoms with Gasteiger partial charge < -0.3 is 4.74 Å². The predicted octanol–water partition coefficient (Wildman–Crippen LogP) is 4.50. The summed E-state index contributed by atoms with van der Waals surface area (Å²) in [5, 5.41) is -0.242. The van der Waals surface area contributed by atoms with E-state index in [0.717, 1.165) is 0 Å². The van der Waals surface area contributed by atoms with Crippen LogP contribution >= 0.6 is 38.5 Å². The van der Waals surface area contributed by atoms with Gasteiger partial charge in [-0.2, -0.15) is 13.2 Å². The summed E-state index contributed by atoms with van der Waals surface area (Å²) in [6, 6.07) is 0. The molecule has 0 aliphatic carbocycles. The Labute approximate surface area is 119 Å². The van der Waals surface area contributed by atoms with Crippen molar-refractivity contribution in [3.8, 4) is 5.88 Å². The average Bonchev–Trinajstić information content (AvgIpc) is 2.13. The molecule has 0 amide bonds. The molecule has 1 rings (SSSR count). The highest BCUT2D eigenvalue weighted by atomic mass is 127. The molecule has 1 aromatic rings. The van der Waals surface area contributed by atoms with Crippen molar-refractivity contribution in [2.24, 2.45) is 0 Å². The summed E-state index contributed by atoms with van der Waals surface area (Å²) in [6.45, 7) is 0. The summed E-state index contributed by atoms with van der Waals surface area (Å²) in [5.41, 5.74) is -1.41. The molecule has 10 heteroatoms. The third-order valence-corrected chi connectivity index (χ3v) is 3.51. The number of pyridine rings is 1. The minimum Gasteiger partial charge on any atom is -0.388 e. The van der Waals surface area contributed by atoms with Crippen LogP contribution in [0.4, 0.5) is 26.3 Å². The van der Waals surface area contributed by atoms with Gasteiger partial charge in [0.25, 0.3) is 0 Å². The van der Waals surface area contributed by atoms with E-state index in [1.165, 1.54) is 22.6 Å². The molecule has 0 aromatic carbocycles. The lowest BCUT2D eigenvalue weighted by molar-refractivity contribution is -0.276. The van der Waals surface area contributed by atoms with Gasteiger partial charge in [-0.15, -0.1) is 13.2 Å². The lowest BCUT2D eigenvalue weighted by atomic mass is 10.2. The minimum atomic E-state index is -5.01. The molecule has 18 heavy (non-hydrogen) atoms. The average molecular weight is 450 g/mol. The molecule has 0 atom stereocenters. The van der Waals surface area contributed by atoms with Gasteiger partial charge in [0.15, 0.2) is 0 Å². The summed E-state index contributed by atoms with van der Waals surface area (Å²) in [5.74, 6) is -0.892. The van der Waals surface area contributed by atoms with Crippen molar-refractivity contribution >= 4 is 38.5 Å². The molecule has 1 aromatic heterocycles. The zero-order chi connectivity index (χ0) is 14.1. The Hall–Kier alpha value is -0.260. The van der Waals surface area contributed by atoms with E-state index in [0.29, 0.717) is 6.20 Å². The lowest BCUT2D eigenvalue weighted by Gasteiger charge is -2.15. The van der Waals surface area contributed by atoms with Crippen molar-refractivity contribution in [1.82, 2.24) is 4.98 Å². The standard InChI is InChI=1S/C8H3BrF6INO/c9-1-3-5(16)4(7(10,11)12)2-17-6(3)18-8(13,14)15/h2H,1H2. The number of hydrogen-bond donors (Lipinski definition) is 0. The summed E-state index contributed by atoms with van der Waals surface area (Å²) in [6.07, 6.45) is -9.38. The maximum atomic E-state index is 12.5. The molecule has 102 valence electrons. The number of alkyl halides is 7. The van der Waals surface area contributed by atoms with Crippen LogP contribution in [-0.2, 0) is 11.5 Å². The second-order valence-corrected chi connectivity index (χ2v) is 4.59. The van der Waals surface area contributed by atoms with E-state index in [1.54, 1.807) is 0 Å². The molecule has 0 spiro atoms. The van der Waals surface area contributed by atoms with E-state index in [4.69, 9.17) is 0 Å². The van der Waals surface area contributed by atoms with E-state index in [2.05, 4.69) is 25.7 Å². The van der Waals surface area contributed by atoms with E-state index in [-0.39, 0.29) is 14.5 Å². The maximum Gasteiger partial charge on any atom is 0.574 e. The predicted molar refractivity (Wildman–Crippen MR) is 61.3 cm³/mol. The van der Waals surface area contributed by atoms with Crippen molar-refractivity contribution in [2.45, 2.75) is 17.9 Å². The largest absolute Gasteiger partial charge is 0.574 e. The Morgan fingerprint density at radius 1 is 1.22 bits per heavy atom. The van der Waals surface area contributed by atoms with Crippen molar-refractivity contribution in [3.63, 3.8) is 0 Å². The molecule has 0 aliphatic rings. The fourth-order valence-electron chi connectivity index (χ4n) is 1.03. The first-order valence-corrected chi connectivity index (χ1v) is 6.32. The van der Waals surface area contributed by atoms with Crippen LogP contribution in [0.1, 0.15) is 11.1 Å². The van der Waals surface area contributed by atoms with Crippen LogP contribution in [0.3, 0.4) is 0 Å². The second-order valence-electron chi connectivity index (χ2n) is 2.95. The normalized spacial score (nSPS) is 12.7. The fourth-order valence-corrected chi connectivity index (χ4v) is 2.94. The van der Waals surface area contributed by atoms with Gasteiger partial charge in [-0.25, -0.2) is 4.98 Å². The highest BCUT2D eigenvalue weighted by Crippen LogP contribution is 2.38. The van der Waals surface area contributed by atoms with Crippen LogP contribution in [0.15, 0.2) is 6.20 Å². The van der Waals surface area contributed by atoms with Crippen molar-refractivity contribution in [3.05, 3.63) is 20.9 Å². The molecule has 0 N–H and O–H groups in total. The topological polar surface area (TPSA) is 22.1 Å². The highest BCUT2D eigenvalue weighted by molar-refractivity contribution is 14.1. The molecule has 1 heterocycles.